The molecular formula is C28H36N2O4. The first-order valence-corrected chi connectivity index (χ1v) is 12.1. The zero-order valence-corrected chi connectivity index (χ0v) is 20.9. The molecule has 1 unspecified atom stereocenters. The van der Waals surface area contributed by atoms with E-state index >= 15 is 0 Å². The number of carbonyl (C=O) groups excluding carboxylic acids is 2. The molecule has 0 radical (unpaired) electrons. The Balaban J connectivity index is 2.09. The maximum atomic E-state index is 13.3. The monoisotopic (exact) mass is 464 g/mol. The van der Waals surface area contributed by atoms with E-state index in [1.807, 2.05) is 63.2 Å². The summed E-state index contributed by atoms with van der Waals surface area (Å²) in [6, 6.07) is 12.5. The van der Waals surface area contributed by atoms with Crippen LogP contribution in [0, 0.1) is 13.8 Å². The van der Waals surface area contributed by atoms with Gasteiger partial charge >= 0.3 is 0 Å². The number of ether oxygens (including phenoxy) is 1. The predicted octanol–water partition coefficient (Wildman–Crippen LogP) is 4.86. The Labute approximate surface area is 202 Å². The number of nitrogens with zero attached hydrogens (tertiary/aromatic N) is 2. The minimum absolute atomic E-state index is 0.124. The molecule has 2 aromatic rings. The van der Waals surface area contributed by atoms with Crippen LogP contribution in [0.25, 0.3) is 5.76 Å². The number of carbonyl (C=O) groups is 2. The molecule has 34 heavy (non-hydrogen) atoms. The van der Waals surface area contributed by atoms with Crippen molar-refractivity contribution >= 4 is 17.4 Å². The number of Topliss-reactive ketones (excluding diaryl/α,β-unsaturated/α-hetero) is 1. The van der Waals surface area contributed by atoms with Crippen molar-refractivity contribution in [2.75, 3.05) is 32.8 Å². The quantitative estimate of drug-likeness (QED) is 0.309. The molecule has 0 spiro atoms. The van der Waals surface area contributed by atoms with Gasteiger partial charge in [0.1, 0.15) is 11.5 Å². The minimum Gasteiger partial charge on any atom is -0.507 e. The van der Waals surface area contributed by atoms with Gasteiger partial charge < -0.3 is 19.6 Å². The van der Waals surface area contributed by atoms with Crippen molar-refractivity contribution in [2.45, 2.75) is 47.1 Å². The summed E-state index contributed by atoms with van der Waals surface area (Å²) in [6.07, 6.45) is 0.906. The van der Waals surface area contributed by atoms with Crippen LogP contribution in [0.1, 0.15) is 55.5 Å². The van der Waals surface area contributed by atoms with Gasteiger partial charge in [-0.2, -0.15) is 0 Å². The third kappa shape index (κ3) is 5.33. The molecule has 6 nitrogen and oxygen atoms in total. The van der Waals surface area contributed by atoms with E-state index in [-0.39, 0.29) is 11.3 Å². The van der Waals surface area contributed by atoms with Gasteiger partial charge in [0.25, 0.3) is 11.7 Å². The van der Waals surface area contributed by atoms with Crippen LogP contribution in [0.5, 0.6) is 5.75 Å². The first-order chi connectivity index (χ1) is 16.3. The van der Waals surface area contributed by atoms with Crippen LogP contribution in [0.2, 0.25) is 0 Å². The number of likely N-dealkylation sites (N-methyl/N-ethyl adjacent to an activating group) is 1. The van der Waals surface area contributed by atoms with Gasteiger partial charge in [0.15, 0.2) is 0 Å². The molecule has 2 aromatic carbocycles. The van der Waals surface area contributed by atoms with E-state index in [0.717, 1.165) is 42.0 Å². The van der Waals surface area contributed by atoms with E-state index in [0.29, 0.717) is 25.3 Å². The molecule has 0 bridgehead atoms. The standard InChI is InChI=1S/C28H36N2O4/c1-6-17-34-22-13-11-21(12-14-22)25-24(26(31)23-18-19(4)9-10-20(23)5)27(32)28(33)30(25)16-15-29(7-2)8-3/h9-14,18,25,31H,6-8,15-17H2,1-5H3/b26-24+. The fourth-order valence-electron chi connectivity index (χ4n) is 4.35. The molecule has 1 fully saturated rings. The molecule has 0 aromatic heterocycles. The lowest BCUT2D eigenvalue weighted by molar-refractivity contribution is -0.140. The summed E-state index contributed by atoms with van der Waals surface area (Å²) in [6.45, 7) is 13.4. The highest BCUT2D eigenvalue weighted by Gasteiger charge is 2.46. The number of hydrogen-bond acceptors (Lipinski definition) is 5. The van der Waals surface area contributed by atoms with Gasteiger partial charge in [0.05, 0.1) is 18.2 Å². The van der Waals surface area contributed by atoms with E-state index in [1.165, 1.54) is 0 Å². The fourth-order valence-corrected chi connectivity index (χ4v) is 4.35. The second-order valence-corrected chi connectivity index (χ2v) is 8.76. The Bertz CT molecular complexity index is 1050. The van der Waals surface area contributed by atoms with Crippen LogP contribution in [0.15, 0.2) is 48.0 Å². The van der Waals surface area contributed by atoms with E-state index in [2.05, 4.69) is 18.7 Å². The third-order valence-electron chi connectivity index (χ3n) is 6.41. The molecule has 6 heteroatoms. The molecule has 1 saturated heterocycles. The van der Waals surface area contributed by atoms with Crippen molar-refractivity contribution in [1.82, 2.24) is 9.80 Å². The third-order valence-corrected chi connectivity index (χ3v) is 6.41. The van der Waals surface area contributed by atoms with Gasteiger partial charge in [0, 0.05) is 18.7 Å². The smallest absolute Gasteiger partial charge is 0.295 e. The lowest BCUT2D eigenvalue weighted by Gasteiger charge is -2.28. The summed E-state index contributed by atoms with van der Waals surface area (Å²) in [5.41, 5.74) is 3.31. The molecule has 1 aliphatic rings. The molecule has 1 aliphatic heterocycles. The number of hydrogen-bond donors (Lipinski definition) is 1. The van der Waals surface area contributed by atoms with E-state index in [9.17, 15) is 14.7 Å². The predicted molar refractivity (Wildman–Crippen MR) is 135 cm³/mol. The van der Waals surface area contributed by atoms with E-state index in [1.54, 1.807) is 4.90 Å². The highest BCUT2D eigenvalue weighted by molar-refractivity contribution is 6.46. The second kappa shape index (κ2) is 11.3. The summed E-state index contributed by atoms with van der Waals surface area (Å²) in [7, 11) is 0. The van der Waals surface area contributed by atoms with E-state index in [4.69, 9.17) is 4.74 Å². The van der Waals surface area contributed by atoms with Gasteiger partial charge in [0.2, 0.25) is 0 Å². The highest BCUT2D eigenvalue weighted by Crippen LogP contribution is 2.40. The SMILES string of the molecule is CCCOc1ccc(C2/C(=C(\O)c3cc(C)ccc3C)C(=O)C(=O)N2CCN(CC)CC)cc1. The number of benzene rings is 2. The number of aliphatic hydroxyl groups excluding tert-OH is 1. The molecular weight excluding hydrogens is 428 g/mol. The number of aliphatic hydroxyl groups is 1. The normalized spacial score (nSPS) is 17.6. The Hall–Kier alpha value is -3.12. The van der Waals surface area contributed by atoms with Crippen molar-refractivity contribution in [2.24, 2.45) is 0 Å². The summed E-state index contributed by atoms with van der Waals surface area (Å²) in [5, 5.41) is 11.3. The van der Waals surface area contributed by atoms with Crippen LogP contribution in [0.3, 0.4) is 0 Å². The topological polar surface area (TPSA) is 70.1 Å². The molecule has 3 rings (SSSR count). The Morgan fingerprint density at radius 3 is 2.32 bits per heavy atom. The maximum absolute atomic E-state index is 13.3. The zero-order valence-electron chi connectivity index (χ0n) is 20.9. The lowest BCUT2D eigenvalue weighted by Crippen LogP contribution is -2.38. The Kier molecular flexibility index (Phi) is 8.51. The molecule has 1 heterocycles. The average Bonchev–Trinajstić information content (AvgIpc) is 3.09. The van der Waals surface area contributed by atoms with Crippen LogP contribution in [-0.4, -0.2) is 59.4 Å². The molecule has 182 valence electrons. The molecule has 1 amide bonds. The minimum atomic E-state index is -0.657. The lowest BCUT2D eigenvalue weighted by atomic mass is 9.93. The molecule has 0 saturated carbocycles. The number of ketones is 1. The zero-order chi connectivity index (χ0) is 24.8. The fraction of sp³-hybridized carbons (Fsp3) is 0.429. The second-order valence-electron chi connectivity index (χ2n) is 8.76. The van der Waals surface area contributed by atoms with Crippen molar-refractivity contribution in [3.63, 3.8) is 0 Å². The Morgan fingerprint density at radius 1 is 1.03 bits per heavy atom. The maximum Gasteiger partial charge on any atom is 0.295 e. The number of amides is 1. The largest absolute Gasteiger partial charge is 0.507 e. The first-order valence-electron chi connectivity index (χ1n) is 12.1. The molecule has 1 N–H and O–H groups in total. The van der Waals surface area contributed by atoms with E-state index < -0.39 is 17.7 Å². The van der Waals surface area contributed by atoms with Gasteiger partial charge in [-0.1, -0.05) is 50.6 Å². The summed E-state index contributed by atoms with van der Waals surface area (Å²) in [5.74, 6) is -0.606. The molecule has 0 aliphatic carbocycles. The van der Waals surface area contributed by atoms with Crippen molar-refractivity contribution in [3.8, 4) is 5.75 Å². The number of rotatable bonds is 10. The molecule has 1 atom stereocenters. The van der Waals surface area contributed by atoms with Crippen LogP contribution in [-0.2, 0) is 9.59 Å². The average molecular weight is 465 g/mol. The van der Waals surface area contributed by atoms with Gasteiger partial charge in [-0.3, -0.25) is 9.59 Å². The summed E-state index contributed by atoms with van der Waals surface area (Å²) < 4.78 is 5.71. The van der Waals surface area contributed by atoms with Crippen molar-refractivity contribution in [1.29, 1.82) is 0 Å². The number of likely N-dealkylation sites (tertiary alicyclic amines) is 1. The van der Waals surface area contributed by atoms with Crippen molar-refractivity contribution < 1.29 is 19.4 Å². The number of aryl methyl sites for hydroxylation is 2. The summed E-state index contributed by atoms with van der Waals surface area (Å²) in [4.78, 5) is 30.2. The van der Waals surface area contributed by atoms with Gasteiger partial charge in [-0.25, -0.2) is 0 Å². The van der Waals surface area contributed by atoms with Gasteiger partial charge in [-0.15, -0.1) is 0 Å². The van der Waals surface area contributed by atoms with Crippen molar-refractivity contribution in [3.05, 3.63) is 70.3 Å². The first kappa shape index (κ1) is 25.5. The van der Waals surface area contributed by atoms with Crippen LogP contribution >= 0.6 is 0 Å². The highest BCUT2D eigenvalue weighted by atomic mass is 16.5. The van der Waals surface area contributed by atoms with Crippen LogP contribution in [0.4, 0.5) is 0 Å². The Morgan fingerprint density at radius 2 is 1.71 bits per heavy atom. The summed E-state index contributed by atoms with van der Waals surface area (Å²) >= 11 is 0. The van der Waals surface area contributed by atoms with Gasteiger partial charge in [-0.05, 0) is 62.7 Å². The van der Waals surface area contributed by atoms with Crippen LogP contribution < -0.4 is 4.74 Å².